The van der Waals surface area contributed by atoms with Crippen LogP contribution >= 0.6 is 0 Å². The van der Waals surface area contributed by atoms with Crippen molar-refractivity contribution in [3.8, 4) is 0 Å². The number of hydrogen-bond donors (Lipinski definition) is 1. The molecule has 2 N–H and O–H groups in total. The van der Waals surface area contributed by atoms with Gasteiger partial charge < -0.3 is 5.73 Å². The Balaban J connectivity index is 2.51. The van der Waals surface area contributed by atoms with Crippen molar-refractivity contribution < 1.29 is 0 Å². The molecule has 0 saturated carbocycles. The lowest BCUT2D eigenvalue weighted by molar-refractivity contribution is 0.128. The average Bonchev–Trinajstić information content (AvgIpc) is 2.43. The highest BCUT2D eigenvalue weighted by molar-refractivity contribution is 5.04. The summed E-state index contributed by atoms with van der Waals surface area (Å²) in [4.78, 5) is 6.77. The number of likely N-dealkylation sites (N-methyl/N-ethyl adjacent to an activating group) is 1. The molecule has 3 heteroatoms. The molecule has 0 saturated heterocycles. The van der Waals surface area contributed by atoms with Crippen LogP contribution in [0, 0.1) is 5.92 Å². The van der Waals surface area contributed by atoms with E-state index in [2.05, 4.69) is 43.8 Å². The second-order valence-electron chi connectivity index (χ2n) is 6.13. The third-order valence-electron chi connectivity index (χ3n) is 4.05. The number of hydrogen-bond acceptors (Lipinski definition) is 3. The Bertz CT molecular complexity index is 350. The van der Waals surface area contributed by atoms with Crippen LogP contribution in [0.3, 0.4) is 0 Å². The van der Waals surface area contributed by atoms with Gasteiger partial charge in [0.2, 0.25) is 0 Å². The van der Waals surface area contributed by atoms with E-state index in [1.807, 2.05) is 18.3 Å². The molecular formula is C16H29N3. The standard InChI is InChI=1S/C16H29N3/c1-14(2)8-10-16(3,13-17)19(4)12-9-15-7-5-6-11-18-15/h5-7,11,14H,8-10,12-13,17H2,1-4H3. The maximum atomic E-state index is 6.01. The van der Waals surface area contributed by atoms with E-state index in [0.29, 0.717) is 6.54 Å². The summed E-state index contributed by atoms with van der Waals surface area (Å²) in [5.74, 6) is 0.732. The Morgan fingerprint density at radius 3 is 2.63 bits per heavy atom. The van der Waals surface area contributed by atoms with Crippen molar-refractivity contribution in [2.45, 2.75) is 45.6 Å². The van der Waals surface area contributed by atoms with Gasteiger partial charge in [-0.15, -0.1) is 0 Å². The van der Waals surface area contributed by atoms with E-state index >= 15 is 0 Å². The van der Waals surface area contributed by atoms with Crippen LogP contribution in [0.15, 0.2) is 24.4 Å². The molecule has 0 radical (unpaired) electrons. The number of rotatable bonds is 8. The van der Waals surface area contributed by atoms with Crippen molar-refractivity contribution in [2.75, 3.05) is 20.1 Å². The van der Waals surface area contributed by atoms with E-state index in [0.717, 1.165) is 31.0 Å². The van der Waals surface area contributed by atoms with Gasteiger partial charge >= 0.3 is 0 Å². The topological polar surface area (TPSA) is 42.1 Å². The van der Waals surface area contributed by atoms with E-state index < -0.39 is 0 Å². The van der Waals surface area contributed by atoms with Crippen LogP contribution in [0.4, 0.5) is 0 Å². The van der Waals surface area contributed by atoms with Gasteiger partial charge in [0.25, 0.3) is 0 Å². The van der Waals surface area contributed by atoms with E-state index in [-0.39, 0.29) is 5.54 Å². The highest BCUT2D eigenvalue weighted by Crippen LogP contribution is 2.21. The Labute approximate surface area is 118 Å². The fourth-order valence-corrected chi connectivity index (χ4v) is 2.15. The molecule has 1 unspecified atom stereocenters. The zero-order valence-corrected chi connectivity index (χ0v) is 12.9. The summed E-state index contributed by atoms with van der Waals surface area (Å²) in [6, 6.07) is 6.09. The normalized spacial score (nSPS) is 14.9. The molecule has 0 aromatic carbocycles. The largest absolute Gasteiger partial charge is 0.329 e. The van der Waals surface area contributed by atoms with Gasteiger partial charge in [-0.25, -0.2) is 0 Å². The Morgan fingerprint density at radius 2 is 2.11 bits per heavy atom. The highest BCUT2D eigenvalue weighted by atomic mass is 15.2. The summed E-state index contributed by atoms with van der Waals surface area (Å²) in [6.45, 7) is 8.52. The predicted octanol–water partition coefficient (Wildman–Crippen LogP) is 2.71. The average molecular weight is 263 g/mol. The van der Waals surface area contributed by atoms with Crippen LogP contribution < -0.4 is 5.73 Å². The fourth-order valence-electron chi connectivity index (χ4n) is 2.15. The van der Waals surface area contributed by atoms with Gasteiger partial charge in [-0.3, -0.25) is 9.88 Å². The van der Waals surface area contributed by atoms with Gasteiger partial charge in [0.05, 0.1) is 0 Å². The van der Waals surface area contributed by atoms with Gasteiger partial charge in [-0.2, -0.15) is 0 Å². The minimum Gasteiger partial charge on any atom is -0.329 e. The molecule has 0 spiro atoms. The summed E-state index contributed by atoms with van der Waals surface area (Å²) in [6.07, 6.45) is 5.21. The molecule has 108 valence electrons. The van der Waals surface area contributed by atoms with Crippen molar-refractivity contribution in [2.24, 2.45) is 11.7 Å². The fraction of sp³-hybridized carbons (Fsp3) is 0.688. The lowest BCUT2D eigenvalue weighted by Gasteiger charge is -2.38. The quantitative estimate of drug-likeness (QED) is 0.784. The highest BCUT2D eigenvalue weighted by Gasteiger charge is 2.27. The number of aromatic nitrogens is 1. The summed E-state index contributed by atoms with van der Waals surface area (Å²) in [5, 5.41) is 0. The van der Waals surface area contributed by atoms with Crippen LogP contribution in [0.5, 0.6) is 0 Å². The Kier molecular flexibility index (Phi) is 6.46. The first kappa shape index (κ1) is 16.1. The summed E-state index contributed by atoms with van der Waals surface area (Å²) in [7, 11) is 2.18. The molecule has 1 atom stereocenters. The van der Waals surface area contributed by atoms with Crippen LogP contribution in [-0.2, 0) is 6.42 Å². The molecule has 1 aromatic heterocycles. The first-order chi connectivity index (χ1) is 8.98. The van der Waals surface area contributed by atoms with Crippen molar-refractivity contribution in [3.63, 3.8) is 0 Å². The van der Waals surface area contributed by atoms with E-state index in [4.69, 9.17) is 5.73 Å². The second kappa shape index (κ2) is 7.61. The van der Waals surface area contributed by atoms with Gasteiger partial charge in [-0.1, -0.05) is 19.9 Å². The second-order valence-corrected chi connectivity index (χ2v) is 6.13. The molecule has 0 bridgehead atoms. The maximum absolute atomic E-state index is 6.01. The molecule has 3 nitrogen and oxygen atoms in total. The van der Waals surface area contributed by atoms with Gasteiger partial charge in [0, 0.05) is 36.9 Å². The molecule has 0 aliphatic rings. The minimum atomic E-state index is 0.0963. The van der Waals surface area contributed by atoms with Gasteiger partial charge in [-0.05, 0) is 44.9 Å². The first-order valence-electron chi connectivity index (χ1n) is 7.29. The lowest BCUT2D eigenvalue weighted by atomic mass is 9.90. The SMILES string of the molecule is CC(C)CCC(C)(CN)N(C)CCc1ccccn1. The molecule has 0 aliphatic carbocycles. The summed E-state index contributed by atoms with van der Waals surface area (Å²) >= 11 is 0. The molecule has 0 aliphatic heterocycles. The lowest BCUT2D eigenvalue weighted by Crippen LogP contribution is -2.50. The van der Waals surface area contributed by atoms with Crippen LogP contribution in [-0.4, -0.2) is 35.6 Å². The van der Waals surface area contributed by atoms with Gasteiger partial charge in [0.15, 0.2) is 0 Å². The van der Waals surface area contributed by atoms with E-state index in [1.165, 1.54) is 6.42 Å². The summed E-state index contributed by atoms with van der Waals surface area (Å²) < 4.78 is 0. The van der Waals surface area contributed by atoms with Crippen LogP contribution in [0.1, 0.15) is 39.3 Å². The Hall–Kier alpha value is -0.930. The molecule has 1 heterocycles. The molecule has 0 fully saturated rings. The van der Waals surface area contributed by atoms with Crippen molar-refractivity contribution >= 4 is 0 Å². The monoisotopic (exact) mass is 263 g/mol. The molecule has 1 aromatic rings. The predicted molar refractivity (Wildman–Crippen MR) is 82.1 cm³/mol. The molecular weight excluding hydrogens is 234 g/mol. The van der Waals surface area contributed by atoms with Crippen molar-refractivity contribution in [3.05, 3.63) is 30.1 Å². The first-order valence-corrected chi connectivity index (χ1v) is 7.29. The minimum absolute atomic E-state index is 0.0963. The number of pyridine rings is 1. The van der Waals surface area contributed by atoms with Crippen molar-refractivity contribution in [1.82, 2.24) is 9.88 Å². The third-order valence-corrected chi connectivity index (χ3v) is 4.05. The molecule has 19 heavy (non-hydrogen) atoms. The van der Waals surface area contributed by atoms with Crippen molar-refractivity contribution in [1.29, 1.82) is 0 Å². The van der Waals surface area contributed by atoms with Gasteiger partial charge in [0.1, 0.15) is 0 Å². The maximum Gasteiger partial charge on any atom is 0.0416 e. The van der Waals surface area contributed by atoms with E-state index in [9.17, 15) is 0 Å². The van der Waals surface area contributed by atoms with E-state index in [1.54, 1.807) is 0 Å². The smallest absolute Gasteiger partial charge is 0.0416 e. The number of nitrogens with two attached hydrogens (primary N) is 1. The van der Waals surface area contributed by atoms with Crippen LogP contribution in [0.25, 0.3) is 0 Å². The zero-order chi connectivity index (χ0) is 14.3. The third kappa shape index (κ3) is 5.29. The Morgan fingerprint density at radius 1 is 1.37 bits per heavy atom. The molecule has 0 amide bonds. The molecule has 1 rings (SSSR count). The number of nitrogens with zero attached hydrogens (tertiary/aromatic N) is 2. The zero-order valence-electron chi connectivity index (χ0n) is 12.9. The van der Waals surface area contributed by atoms with Crippen LogP contribution in [0.2, 0.25) is 0 Å². The summed E-state index contributed by atoms with van der Waals surface area (Å²) in [5.41, 5.74) is 7.25.